The molecule has 0 spiro atoms. The summed E-state index contributed by atoms with van der Waals surface area (Å²) in [6.45, 7) is 3.73. The summed E-state index contributed by atoms with van der Waals surface area (Å²) >= 11 is 0. The third-order valence-electron chi connectivity index (χ3n) is 2.23. The first-order valence-corrected chi connectivity index (χ1v) is 4.78. The zero-order chi connectivity index (χ0) is 11.4. The van der Waals surface area contributed by atoms with Crippen LogP contribution in [-0.4, -0.2) is 16.3 Å². The maximum atomic E-state index is 9.59. The van der Waals surface area contributed by atoms with Crippen molar-refractivity contribution in [1.82, 2.24) is 5.32 Å². The predicted octanol–water partition coefficient (Wildman–Crippen LogP) is 1.77. The third kappa shape index (κ3) is 2.90. The van der Waals surface area contributed by atoms with Gasteiger partial charge in [-0.3, -0.25) is 5.32 Å². The van der Waals surface area contributed by atoms with E-state index in [4.69, 9.17) is 6.42 Å². The van der Waals surface area contributed by atoms with Crippen LogP contribution < -0.4 is 5.32 Å². The Morgan fingerprint density at radius 3 is 2.60 bits per heavy atom. The van der Waals surface area contributed by atoms with Crippen LogP contribution in [0.2, 0.25) is 0 Å². The molecule has 15 heavy (non-hydrogen) atoms. The summed E-state index contributed by atoms with van der Waals surface area (Å²) in [5.41, 5.74) is 0.636. The van der Waals surface area contributed by atoms with E-state index in [1.54, 1.807) is 0 Å². The number of benzene rings is 1. The molecular formula is C12H15NO2. The Balaban J connectivity index is 2.86. The minimum Gasteiger partial charge on any atom is -0.508 e. The molecule has 0 bridgehead atoms. The van der Waals surface area contributed by atoms with Gasteiger partial charge in [0.2, 0.25) is 0 Å². The summed E-state index contributed by atoms with van der Waals surface area (Å²) in [6.07, 6.45) is 5.24. The Hall–Kier alpha value is -1.66. The first-order valence-electron chi connectivity index (χ1n) is 4.78. The summed E-state index contributed by atoms with van der Waals surface area (Å²) in [5, 5.41) is 22.0. The second kappa shape index (κ2) is 4.72. The van der Waals surface area contributed by atoms with Crippen molar-refractivity contribution in [2.75, 3.05) is 0 Å². The highest BCUT2D eigenvalue weighted by Gasteiger charge is 2.12. The van der Waals surface area contributed by atoms with Gasteiger partial charge in [-0.05, 0) is 32.0 Å². The lowest BCUT2D eigenvalue weighted by atomic mass is 10.1. The van der Waals surface area contributed by atoms with Crippen molar-refractivity contribution in [2.45, 2.75) is 25.9 Å². The number of phenolic OH excluding ortho intramolecular Hbond substituents is 2. The molecule has 0 heterocycles. The highest BCUT2D eigenvalue weighted by molar-refractivity contribution is 5.40. The summed E-state index contributed by atoms with van der Waals surface area (Å²) < 4.78 is 0. The molecule has 2 atom stereocenters. The number of hydrogen-bond acceptors (Lipinski definition) is 3. The van der Waals surface area contributed by atoms with E-state index >= 15 is 0 Å². The monoisotopic (exact) mass is 205 g/mol. The molecular weight excluding hydrogens is 190 g/mol. The molecule has 0 saturated heterocycles. The van der Waals surface area contributed by atoms with Crippen molar-refractivity contribution >= 4 is 0 Å². The van der Waals surface area contributed by atoms with Gasteiger partial charge in [-0.1, -0.05) is 5.92 Å². The van der Waals surface area contributed by atoms with Crippen molar-refractivity contribution in [3.8, 4) is 23.8 Å². The largest absolute Gasteiger partial charge is 0.508 e. The fourth-order valence-electron chi connectivity index (χ4n) is 1.40. The van der Waals surface area contributed by atoms with Crippen LogP contribution in [0.15, 0.2) is 18.2 Å². The third-order valence-corrected chi connectivity index (χ3v) is 2.23. The molecule has 0 aliphatic heterocycles. The maximum absolute atomic E-state index is 9.59. The Morgan fingerprint density at radius 2 is 2.00 bits per heavy atom. The Morgan fingerprint density at radius 1 is 1.33 bits per heavy atom. The van der Waals surface area contributed by atoms with Gasteiger partial charge < -0.3 is 10.2 Å². The molecule has 0 aliphatic rings. The first kappa shape index (κ1) is 11.4. The molecule has 3 N–H and O–H groups in total. The molecule has 1 aromatic rings. The van der Waals surface area contributed by atoms with Gasteiger partial charge in [0.05, 0.1) is 6.04 Å². The van der Waals surface area contributed by atoms with Gasteiger partial charge in [0.15, 0.2) is 0 Å². The first-order chi connectivity index (χ1) is 7.04. The predicted molar refractivity (Wildman–Crippen MR) is 59.6 cm³/mol. The van der Waals surface area contributed by atoms with Crippen LogP contribution in [0.1, 0.15) is 25.5 Å². The molecule has 1 rings (SSSR count). The number of aromatic hydroxyl groups is 2. The van der Waals surface area contributed by atoms with Crippen LogP contribution in [0.25, 0.3) is 0 Å². The second-order valence-electron chi connectivity index (χ2n) is 3.52. The van der Waals surface area contributed by atoms with Crippen molar-refractivity contribution in [3.63, 3.8) is 0 Å². The Labute approximate surface area is 89.8 Å². The van der Waals surface area contributed by atoms with E-state index in [1.165, 1.54) is 18.2 Å². The lowest BCUT2D eigenvalue weighted by molar-refractivity contribution is 0.438. The van der Waals surface area contributed by atoms with Gasteiger partial charge in [0.25, 0.3) is 0 Å². The molecule has 0 aromatic heterocycles. The molecule has 0 fully saturated rings. The van der Waals surface area contributed by atoms with Gasteiger partial charge in [-0.2, -0.15) is 0 Å². The molecule has 0 saturated carbocycles. The van der Waals surface area contributed by atoms with Gasteiger partial charge in [-0.15, -0.1) is 6.42 Å². The molecule has 0 aliphatic carbocycles. The Bertz CT molecular complexity index is 382. The highest BCUT2D eigenvalue weighted by Crippen LogP contribution is 2.27. The van der Waals surface area contributed by atoms with E-state index in [9.17, 15) is 10.2 Å². The van der Waals surface area contributed by atoms with Crippen molar-refractivity contribution in [3.05, 3.63) is 23.8 Å². The van der Waals surface area contributed by atoms with E-state index in [2.05, 4.69) is 11.2 Å². The molecule has 0 radical (unpaired) electrons. The number of rotatable bonds is 3. The van der Waals surface area contributed by atoms with Crippen LogP contribution in [0.3, 0.4) is 0 Å². The lowest BCUT2D eigenvalue weighted by Crippen LogP contribution is -2.27. The number of nitrogens with one attached hydrogen (secondary N) is 1. The molecule has 3 nitrogen and oxygen atoms in total. The molecule has 0 amide bonds. The normalized spacial score (nSPS) is 14.2. The molecule has 3 heteroatoms. The van der Waals surface area contributed by atoms with Crippen molar-refractivity contribution in [1.29, 1.82) is 0 Å². The minimum absolute atomic E-state index is 0.0817. The van der Waals surface area contributed by atoms with E-state index < -0.39 is 0 Å². The quantitative estimate of drug-likeness (QED) is 0.520. The van der Waals surface area contributed by atoms with Gasteiger partial charge in [0.1, 0.15) is 11.5 Å². The fourth-order valence-corrected chi connectivity index (χ4v) is 1.40. The van der Waals surface area contributed by atoms with E-state index in [1.807, 2.05) is 13.8 Å². The smallest absolute Gasteiger partial charge is 0.120 e. The van der Waals surface area contributed by atoms with Crippen LogP contribution >= 0.6 is 0 Å². The summed E-state index contributed by atoms with van der Waals surface area (Å²) in [5.74, 6) is 2.82. The van der Waals surface area contributed by atoms with Crippen molar-refractivity contribution in [2.24, 2.45) is 0 Å². The minimum atomic E-state index is -0.108. The zero-order valence-electron chi connectivity index (χ0n) is 8.86. The van der Waals surface area contributed by atoms with Gasteiger partial charge in [-0.25, -0.2) is 0 Å². The maximum Gasteiger partial charge on any atom is 0.120 e. The molecule has 1 aromatic carbocycles. The zero-order valence-corrected chi connectivity index (χ0v) is 8.86. The highest BCUT2D eigenvalue weighted by atomic mass is 16.3. The second-order valence-corrected chi connectivity index (χ2v) is 3.52. The standard InChI is InChI=1S/C12H15NO2/c1-4-8(2)13-9(3)11-7-10(14)5-6-12(11)15/h1,5-9,13-15H,2-3H3. The number of phenols is 2. The number of terminal acetylenes is 1. The summed E-state index contributed by atoms with van der Waals surface area (Å²) in [6, 6.07) is 4.24. The average molecular weight is 205 g/mol. The van der Waals surface area contributed by atoms with Crippen LogP contribution in [0, 0.1) is 12.3 Å². The molecule has 2 unspecified atom stereocenters. The topological polar surface area (TPSA) is 52.5 Å². The summed E-state index contributed by atoms with van der Waals surface area (Å²) in [4.78, 5) is 0. The van der Waals surface area contributed by atoms with Gasteiger partial charge in [0, 0.05) is 11.6 Å². The van der Waals surface area contributed by atoms with Crippen LogP contribution in [0.4, 0.5) is 0 Å². The van der Waals surface area contributed by atoms with Gasteiger partial charge >= 0.3 is 0 Å². The fraction of sp³-hybridized carbons (Fsp3) is 0.333. The van der Waals surface area contributed by atoms with E-state index in [-0.39, 0.29) is 23.6 Å². The SMILES string of the molecule is C#CC(C)NC(C)c1cc(O)ccc1O. The van der Waals surface area contributed by atoms with Crippen LogP contribution in [0.5, 0.6) is 11.5 Å². The number of hydrogen-bond donors (Lipinski definition) is 3. The summed E-state index contributed by atoms with van der Waals surface area (Å²) in [7, 11) is 0. The Kier molecular flexibility index (Phi) is 3.59. The molecule has 80 valence electrons. The van der Waals surface area contributed by atoms with Crippen molar-refractivity contribution < 1.29 is 10.2 Å². The van der Waals surface area contributed by atoms with E-state index in [0.29, 0.717) is 5.56 Å². The van der Waals surface area contributed by atoms with E-state index in [0.717, 1.165) is 0 Å². The van der Waals surface area contributed by atoms with Crippen LogP contribution in [-0.2, 0) is 0 Å². The lowest BCUT2D eigenvalue weighted by Gasteiger charge is -2.17. The average Bonchev–Trinajstić information content (AvgIpc) is 2.21.